The van der Waals surface area contributed by atoms with Crippen molar-refractivity contribution in [1.29, 1.82) is 0 Å². The van der Waals surface area contributed by atoms with Crippen LogP contribution < -0.4 is 9.47 Å². The molecule has 6 nitrogen and oxygen atoms in total. The number of hydrogen-bond donors (Lipinski definition) is 0. The molecular weight excluding hydrogens is 376 g/mol. The van der Waals surface area contributed by atoms with Gasteiger partial charge in [-0.15, -0.1) is 11.3 Å². The van der Waals surface area contributed by atoms with E-state index in [1.807, 2.05) is 40.6 Å². The topological polar surface area (TPSA) is 59.1 Å². The van der Waals surface area contributed by atoms with Crippen LogP contribution in [0.1, 0.15) is 21.7 Å². The maximum atomic E-state index is 12.5. The minimum Gasteiger partial charge on any atom is -0.490 e. The number of carbonyl (C=O) groups is 2. The fraction of sp³-hybridized carbons (Fsp3) is 0.333. The molecule has 2 amide bonds. The van der Waals surface area contributed by atoms with Crippen molar-refractivity contribution >= 4 is 29.2 Å². The molecule has 0 spiro atoms. The molecule has 1 aromatic heterocycles. The third-order valence-electron chi connectivity index (χ3n) is 4.80. The summed E-state index contributed by atoms with van der Waals surface area (Å²) in [5.74, 6) is 1.46. The summed E-state index contributed by atoms with van der Waals surface area (Å²) >= 11 is 1.45. The van der Waals surface area contributed by atoms with E-state index in [2.05, 4.69) is 0 Å². The Hall–Kier alpha value is -2.80. The van der Waals surface area contributed by atoms with Crippen LogP contribution in [0.25, 0.3) is 6.08 Å². The molecule has 7 heteroatoms. The van der Waals surface area contributed by atoms with Crippen LogP contribution in [0.4, 0.5) is 0 Å². The number of amides is 2. The highest BCUT2D eigenvalue weighted by molar-refractivity contribution is 7.12. The summed E-state index contributed by atoms with van der Waals surface area (Å²) in [6, 6.07) is 9.39. The lowest BCUT2D eigenvalue weighted by Gasteiger charge is -2.34. The van der Waals surface area contributed by atoms with Crippen molar-refractivity contribution in [2.75, 3.05) is 39.4 Å². The molecule has 1 saturated heterocycles. The zero-order chi connectivity index (χ0) is 19.3. The first-order chi connectivity index (χ1) is 13.7. The zero-order valence-electron chi connectivity index (χ0n) is 15.5. The molecule has 28 heavy (non-hydrogen) atoms. The molecule has 2 aliphatic heterocycles. The summed E-state index contributed by atoms with van der Waals surface area (Å²) in [6.45, 7) is 3.48. The second-order valence-corrected chi connectivity index (χ2v) is 7.63. The molecule has 2 aromatic rings. The highest BCUT2D eigenvalue weighted by atomic mass is 32.1. The van der Waals surface area contributed by atoms with Crippen molar-refractivity contribution in [3.8, 4) is 11.5 Å². The first-order valence-corrected chi connectivity index (χ1v) is 10.3. The highest BCUT2D eigenvalue weighted by Crippen LogP contribution is 2.30. The van der Waals surface area contributed by atoms with Gasteiger partial charge in [-0.1, -0.05) is 12.1 Å². The molecule has 0 radical (unpaired) electrons. The fourth-order valence-electron chi connectivity index (χ4n) is 3.24. The van der Waals surface area contributed by atoms with Gasteiger partial charge in [0, 0.05) is 38.7 Å². The van der Waals surface area contributed by atoms with Crippen LogP contribution in [-0.2, 0) is 4.79 Å². The van der Waals surface area contributed by atoms with Crippen molar-refractivity contribution in [2.45, 2.75) is 6.42 Å². The molecular formula is C21H22N2O4S. The van der Waals surface area contributed by atoms with Crippen molar-refractivity contribution in [1.82, 2.24) is 9.80 Å². The second-order valence-electron chi connectivity index (χ2n) is 6.68. The molecule has 0 saturated carbocycles. The van der Waals surface area contributed by atoms with E-state index >= 15 is 0 Å². The second kappa shape index (κ2) is 8.48. The fourth-order valence-corrected chi connectivity index (χ4v) is 3.93. The van der Waals surface area contributed by atoms with E-state index < -0.39 is 0 Å². The molecule has 1 aromatic carbocycles. The van der Waals surface area contributed by atoms with E-state index in [-0.39, 0.29) is 11.8 Å². The number of rotatable bonds is 3. The Labute approximate surface area is 168 Å². The first kappa shape index (κ1) is 18.6. The predicted octanol–water partition coefficient (Wildman–Crippen LogP) is 2.91. The Morgan fingerprint density at radius 3 is 2.46 bits per heavy atom. The summed E-state index contributed by atoms with van der Waals surface area (Å²) in [6.07, 6.45) is 4.23. The van der Waals surface area contributed by atoms with Gasteiger partial charge in [0.2, 0.25) is 5.91 Å². The lowest BCUT2D eigenvalue weighted by atomic mass is 10.2. The number of benzene rings is 1. The normalized spacial score (nSPS) is 16.9. The van der Waals surface area contributed by atoms with Crippen LogP contribution in [-0.4, -0.2) is 61.0 Å². The number of hydrogen-bond acceptors (Lipinski definition) is 5. The Kier molecular flexibility index (Phi) is 5.62. The largest absolute Gasteiger partial charge is 0.490 e. The van der Waals surface area contributed by atoms with Crippen LogP contribution in [0.2, 0.25) is 0 Å². The first-order valence-electron chi connectivity index (χ1n) is 9.40. The van der Waals surface area contributed by atoms with Crippen LogP contribution >= 0.6 is 11.3 Å². The average Bonchev–Trinajstić information content (AvgIpc) is 3.17. The summed E-state index contributed by atoms with van der Waals surface area (Å²) in [5.41, 5.74) is 0.893. The lowest BCUT2D eigenvalue weighted by molar-refractivity contribution is -0.127. The van der Waals surface area contributed by atoms with Crippen LogP contribution in [0.5, 0.6) is 11.5 Å². The van der Waals surface area contributed by atoms with Crippen molar-refractivity contribution in [3.63, 3.8) is 0 Å². The number of carbonyl (C=O) groups excluding carboxylic acids is 2. The van der Waals surface area contributed by atoms with Gasteiger partial charge in [0.1, 0.15) is 0 Å². The Morgan fingerprint density at radius 1 is 0.964 bits per heavy atom. The minimum absolute atomic E-state index is 0.0460. The molecule has 4 rings (SSSR count). The van der Waals surface area contributed by atoms with Gasteiger partial charge >= 0.3 is 0 Å². The average molecular weight is 398 g/mol. The Morgan fingerprint density at radius 2 is 1.71 bits per heavy atom. The summed E-state index contributed by atoms with van der Waals surface area (Å²) in [5, 5.41) is 1.90. The van der Waals surface area contributed by atoms with Crippen LogP contribution in [0.15, 0.2) is 41.8 Å². The van der Waals surface area contributed by atoms with Crippen molar-refractivity contribution < 1.29 is 19.1 Å². The maximum Gasteiger partial charge on any atom is 0.264 e. The van der Waals surface area contributed by atoms with E-state index in [4.69, 9.17) is 9.47 Å². The van der Waals surface area contributed by atoms with E-state index in [1.54, 1.807) is 17.1 Å². The van der Waals surface area contributed by atoms with Gasteiger partial charge < -0.3 is 19.3 Å². The summed E-state index contributed by atoms with van der Waals surface area (Å²) < 4.78 is 11.3. The van der Waals surface area contributed by atoms with Crippen LogP contribution in [0.3, 0.4) is 0 Å². The van der Waals surface area contributed by atoms with Gasteiger partial charge in [-0.25, -0.2) is 0 Å². The Balaban J connectivity index is 1.33. The molecule has 0 unspecified atom stereocenters. The molecule has 2 aliphatic rings. The van der Waals surface area contributed by atoms with Crippen LogP contribution in [0, 0.1) is 0 Å². The zero-order valence-corrected chi connectivity index (χ0v) is 16.3. The molecule has 0 bridgehead atoms. The molecule has 3 heterocycles. The smallest absolute Gasteiger partial charge is 0.264 e. The number of piperazine rings is 1. The van der Waals surface area contributed by atoms with Gasteiger partial charge in [0.15, 0.2) is 11.5 Å². The quantitative estimate of drug-likeness (QED) is 0.746. The van der Waals surface area contributed by atoms with E-state index in [0.29, 0.717) is 45.1 Å². The van der Waals surface area contributed by atoms with Gasteiger partial charge in [0.25, 0.3) is 5.91 Å². The molecule has 1 fully saturated rings. The van der Waals surface area contributed by atoms with Gasteiger partial charge in [-0.2, -0.15) is 0 Å². The lowest BCUT2D eigenvalue weighted by Crippen LogP contribution is -2.50. The number of thiophene rings is 1. The molecule has 146 valence electrons. The van der Waals surface area contributed by atoms with Crippen molar-refractivity contribution in [2.24, 2.45) is 0 Å². The maximum absolute atomic E-state index is 12.5. The SMILES string of the molecule is O=C(/C=C/c1ccc2c(c1)OCCCO2)N1CCN(C(=O)c2cccs2)CC1. The van der Waals surface area contributed by atoms with Gasteiger partial charge in [-0.05, 0) is 35.2 Å². The molecule has 0 atom stereocenters. The predicted molar refractivity (Wildman–Crippen MR) is 108 cm³/mol. The van der Waals surface area contributed by atoms with Crippen molar-refractivity contribution in [3.05, 3.63) is 52.2 Å². The third kappa shape index (κ3) is 4.20. The summed E-state index contributed by atoms with van der Waals surface area (Å²) in [7, 11) is 0. The third-order valence-corrected chi connectivity index (χ3v) is 5.66. The van der Waals surface area contributed by atoms with E-state index in [1.165, 1.54) is 11.3 Å². The van der Waals surface area contributed by atoms with Gasteiger partial charge in [0.05, 0.1) is 18.1 Å². The molecule has 0 aliphatic carbocycles. The molecule has 0 N–H and O–H groups in total. The minimum atomic E-state index is -0.0460. The standard InChI is InChI=1S/C21H22N2O4S/c24-20(7-5-16-4-6-17-18(15-16)27-13-2-12-26-17)22-8-10-23(11-9-22)21(25)19-3-1-14-28-19/h1,3-7,14-15H,2,8-13H2/b7-5+. The van der Waals surface area contributed by atoms with Gasteiger partial charge in [-0.3, -0.25) is 9.59 Å². The van der Waals surface area contributed by atoms with E-state index in [0.717, 1.165) is 22.6 Å². The number of ether oxygens (including phenoxy) is 2. The van der Waals surface area contributed by atoms with E-state index in [9.17, 15) is 9.59 Å². The highest BCUT2D eigenvalue weighted by Gasteiger charge is 2.24. The number of fused-ring (bicyclic) bond motifs is 1. The Bertz CT molecular complexity index is 871. The number of nitrogens with zero attached hydrogens (tertiary/aromatic N) is 2. The summed E-state index contributed by atoms with van der Waals surface area (Å²) in [4.78, 5) is 29.2. The monoisotopic (exact) mass is 398 g/mol.